The molecule has 0 aromatic heterocycles. The minimum atomic E-state index is -0.371. The van der Waals surface area contributed by atoms with Gasteiger partial charge < -0.3 is 15.8 Å². The standard InChI is InChI=1S/C14H20N2O2/c1-10(12-6-7-18-9-12)16-8-11-4-2-3-5-13(11)14(15)17/h2-5,10,12,16H,6-9H2,1H3,(H2,15,17). The minimum Gasteiger partial charge on any atom is -0.381 e. The topological polar surface area (TPSA) is 64.3 Å². The normalized spacial score (nSPS) is 20.8. The smallest absolute Gasteiger partial charge is 0.249 e. The summed E-state index contributed by atoms with van der Waals surface area (Å²) in [5.74, 6) is 0.190. The van der Waals surface area contributed by atoms with Gasteiger partial charge in [0, 0.05) is 24.8 Å². The number of nitrogens with two attached hydrogens (primary N) is 1. The van der Waals surface area contributed by atoms with Crippen LogP contribution in [-0.2, 0) is 11.3 Å². The Kier molecular flexibility index (Phi) is 4.33. The Balaban J connectivity index is 1.95. The van der Waals surface area contributed by atoms with Crippen LogP contribution in [0.1, 0.15) is 29.3 Å². The monoisotopic (exact) mass is 248 g/mol. The number of hydrogen-bond acceptors (Lipinski definition) is 3. The highest BCUT2D eigenvalue weighted by atomic mass is 16.5. The van der Waals surface area contributed by atoms with Crippen LogP contribution in [0.15, 0.2) is 24.3 Å². The van der Waals surface area contributed by atoms with E-state index in [1.54, 1.807) is 6.07 Å². The molecule has 98 valence electrons. The number of nitrogens with one attached hydrogen (secondary N) is 1. The number of hydrogen-bond donors (Lipinski definition) is 2. The van der Waals surface area contributed by atoms with Crippen molar-refractivity contribution in [1.29, 1.82) is 0 Å². The van der Waals surface area contributed by atoms with Crippen LogP contribution in [0.25, 0.3) is 0 Å². The molecule has 4 nitrogen and oxygen atoms in total. The van der Waals surface area contributed by atoms with E-state index in [1.807, 2.05) is 18.2 Å². The fraction of sp³-hybridized carbons (Fsp3) is 0.500. The van der Waals surface area contributed by atoms with Gasteiger partial charge in [-0.15, -0.1) is 0 Å². The van der Waals surface area contributed by atoms with Crippen molar-refractivity contribution in [2.24, 2.45) is 11.7 Å². The molecule has 1 aliphatic heterocycles. The lowest BCUT2D eigenvalue weighted by atomic mass is 10.00. The summed E-state index contributed by atoms with van der Waals surface area (Å²) >= 11 is 0. The first-order chi connectivity index (χ1) is 8.68. The molecule has 18 heavy (non-hydrogen) atoms. The molecule has 0 spiro atoms. The van der Waals surface area contributed by atoms with Gasteiger partial charge in [-0.25, -0.2) is 0 Å². The number of amides is 1. The average Bonchev–Trinajstić information content (AvgIpc) is 2.90. The van der Waals surface area contributed by atoms with E-state index in [0.29, 0.717) is 24.1 Å². The van der Waals surface area contributed by atoms with Crippen LogP contribution in [-0.4, -0.2) is 25.2 Å². The number of primary amides is 1. The number of carbonyl (C=O) groups excluding carboxylic acids is 1. The molecule has 0 aliphatic carbocycles. The summed E-state index contributed by atoms with van der Waals surface area (Å²) in [6.45, 7) is 4.50. The van der Waals surface area contributed by atoms with Crippen molar-refractivity contribution < 1.29 is 9.53 Å². The summed E-state index contributed by atoms with van der Waals surface area (Å²) in [5, 5.41) is 3.45. The average molecular weight is 248 g/mol. The molecule has 1 aromatic rings. The van der Waals surface area contributed by atoms with Crippen molar-refractivity contribution in [3.05, 3.63) is 35.4 Å². The van der Waals surface area contributed by atoms with Gasteiger partial charge in [0.05, 0.1) is 6.61 Å². The van der Waals surface area contributed by atoms with Gasteiger partial charge in [0.1, 0.15) is 0 Å². The molecule has 4 heteroatoms. The summed E-state index contributed by atoms with van der Waals surface area (Å²) in [6, 6.07) is 7.84. The second-order valence-electron chi connectivity index (χ2n) is 4.81. The minimum absolute atomic E-state index is 0.371. The third kappa shape index (κ3) is 3.09. The Bertz CT molecular complexity index is 414. The molecule has 1 saturated heterocycles. The molecular formula is C14H20N2O2. The summed E-state index contributed by atoms with van der Waals surface area (Å²) in [6.07, 6.45) is 1.10. The van der Waals surface area contributed by atoms with Crippen LogP contribution >= 0.6 is 0 Å². The van der Waals surface area contributed by atoms with Crippen LogP contribution in [0.3, 0.4) is 0 Å². The summed E-state index contributed by atoms with van der Waals surface area (Å²) in [4.78, 5) is 11.3. The quantitative estimate of drug-likeness (QED) is 0.825. The summed E-state index contributed by atoms with van der Waals surface area (Å²) in [7, 11) is 0. The van der Waals surface area contributed by atoms with Gasteiger partial charge in [0.15, 0.2) is 0 Å². The van der Waals surface area contributed by atoms with Crippen LogP contribution in [0.5, 0.6) is 0 Å². The van der Waals surface area contributed by atoms with E-state index in [-0.39, 0.29) is 5.91 Å². The highest BCUT2D eigenvalue weighted by Gasteiger charge is 2.22. The zero-order valence-corrected chi connectivity index (χ0v) is 10.7. The maximum absolute atomic E-state index is 11.3. The van der Waals surface area contributed by atoms with E-state index in [4.69, 9.17) is 10.5 Å². The second-order valence-corrected chi connectivity index (χ2v) is 4.81. The molecule has 2 rings (SSSR count). The van der Waals surface area contributed by atoms with Crippen molar-refractivity contribution in [2.45, 2.75) is 25.9 Å². The highest BCUT2D eigenvalue weighted by Crippen LogP contribution is 2.17. The van der Waals surface area contributed by atoms with Crippen molar-refractivity contribution in [3.8, 4) is 0 Å². The second kappa shape index (κ2) is 5.98. The van der Waals surface area contributed by atoms with E-state index in [9.17, 15) is 4.79 Å². The fourth-order valence-electron chi connectivity index (χ4n) is 2.30. The predicted molar refractivity (Wildman–Crippen MR) is 70.2 cm³/mol. The van der Waals surface area contributed by atoms with Crippen LogP contribution in [0.2, 0.25) is 0 Å². The maximum Gasteiger partial charge on any atom is 0.249 e. The van der Waals surface area contributed by atoms with E-state index < -0.39 is 0 Å². The van der Waals surface area contributed by atoms with Crippen LogP contribution < -0.4 is 11.1 Å². The molecular weight excluding hydrogens is 228 g/mol. The van der Waals surface area contributed by atoms with Crippen molar-refractivity contribution in [2.75, 3.05) is 13.2 Å². The van der Waals surface area contributed by atoms with Crippen molar-refractivity contribution >= 4 is 5.91 Å². The SMILES string of the molecule is CC(NCc1ccccc1C(N)=O)C1CCOC1. The first-order valence-electron chi connectivity index (χ1n) is 6.37. The lowest BCUT2D eigenvalue weighted by molar-refractivity contribution is 0.0999. The third-order valence-corrected chi connectivity index (χ3v) is 3.57. The Labute approximate surface area is 108 Å². The van der Waals surface area contributed by atoms with Gasteiger partial charge in [0.2, 0.25) is 5.91 Å². The van der Waals surface area contributed by atoms with Gasteiger partial charge in [-0.05, 0) is 30.9 Å². The Morgan fingerprint density at radius 2 is 2.33 bits per heavy atom. The molecule has 1 aromatic carbocycles. The lowest BCUT2D eigenvalue weighted by Crippen LogP contribution is -2.34. The molecule has 1 heterocycles. The Hall–Kier alpha value is -1.39. The molecule has 0 saturated carbocycles. The molecule has 1 amide bonds. The summed E-state index contributed by atoms with van der Waals surface area (Å²) < 4.78 is 5.38. The molecule has 2 atom stereocenters. The first kappa shape index (κ1) is 13.1. The largest absolute Gasteiger partial charge is 0.381 e. The zero-order valence-electron chi connectivity index (χ0n) is 10.7. The Morgan fingerprint density at radius 3 is 3.00 bits per heavy atom. The van der Waals surface area contributed by atoms with E-state index in [0.717, 1.165) is 25.2 Å². The summed E-state index contributed by atoms with van der Waals surface area (Å²) in [5.41, 5.74) is 6.91. The van der Waals surface area contributed by atoms with Crippen LogP contribution in [0.4, 0.5) is 0 Å². The number of benzene rings is 1. The third-order valence-electron chi connectivity index (χ3n) is 3.57. The molecule has 2 unspecified atom stereocenters. The Morgan fingerprint density at radius 1 is 1.56 bits per heavy atom. The van der Waals surface area contributed by atoms with Crippen molar-refractivity contribution in [3.63, 3.8) is 0 Å². The highest BCUT2D eigenvalue weighted by molar-refractivity contribution is 5.94. The van der Waals surface area contributed by atoms with E-state index in [1.165, 1.54) is 0 Å². The maximum atomic E-state index is 11.3. The van der Waals surface area contributed by atoms with Gasteiger partial charge >= 0.3 is 0 Å². The van der Waals surface area contributed by atoms with Crippen LogP contribution in [0, 0.1) is 5.92 Å². The molecule has 3 N–H and O–H groups in total. The van der Waals surface area contributed by atoms with E-state index >= 15 is 0 Å². The fourth-order valence-corrected chi connectivity index (χ4v) is 2.30. The number of carbonyl (C=O) groups is 1. The molecule has 0 radical (unpaired) electrons. The number of ether oxygens (including phenoxy) is 1. The van der Waals surface area contributed by atoms with Gasteiger partial charge in [-0.1, -0.05) is 18.2 Å². The predicted octanol–water partition coefficient (Wildman–Crippen LogP) is 1.30. The number of rotatable bonds is 5. The molecule has 1 aliphatic rings. The van der Waals surface area contributed by atoms with E-state index in [2.05, 4.69) is 12.2 Å². The zero-order chi connectivity index (χ0) is 13.0. The lowest BCUT2D eigenvalue weighted by Gasteiger charge is -2.19. The first-order valence-corrected chi connectivity index (χ1v) is 6.37. The van der Waals surface area contributed by atoms with Gasteiger partial charge in [0.25, 0.3) is 0 Å². The van der Waals surface area contributed by atoms with Gasteiger partial charge in [-0.3, -0.25) is 4.79 Å². The molecule has 0 bridgehead atoms. The van der Waals surface area contributed by atoms with Gasteiger partial charge in [-0.2, -0.15) is 0 Å². The van der Waals surface area contributed by atoms with Crippen molar-refractivity contribution in [1.82, 2.24) is 5.32 Å². The molecule has 1 fully saturated rings.